The van der Waals surface area contributed by atoms with Crippen LogP contribution in [0.15, 0.2) is 0 Å². The van der Waals surface area contributed by atoms with Crippen molar-refractivity contribution in [3.05, 3.63) is 0 Å². The van der Waals surface area contributed by atoms with Crippen LogP contribution in [0.1, 0.15) is 19.3 Å². The summed E-state index contributed by atoms with van der Waals surface area (Å²) in [6, 6.07) is -0.310. The van der Waals surface area contributed by atoms with Crippen LogP contribution in [-0.2, 0) is 4.79 Å². The maximum absolute atomic E-state index is 12.0. The maximum Gasteiger partial charge on any atom is 0.471 e. The van der Waals surface area contributed by atoms with Gasteiger partial charge in [-0.25, -0.2) is 0 Å². The molecule has 2 aliphatic rings. The van der Waals surface area contributed by atoms with Gasteiger partial charge in [-0.05, 0) is 44.2 Å². The van der Waals surface area contributed by atoms with E-state index in [1.54, 1.807) is 0 Å². The first-order valence-electron chi connectivity index (χ1n) is 5.55. The van der Waals surface area contributed by atoms with E-state index in [-0.39, 0.29) is 6.04 Å². The largest absolute Gasteiger partial charge is 0.471 e. The minimum Gasteiger partial charge on any atom is -0.346 e. The number of hydrogen-bond acceptors (Lipinski definition) is 2. The number of nitrogens with one attached hydrogen (secondary N) is 2. The third kappa shape index (κ3) is 2.48. The van der Waals surface area contributed by atoms with Gasteiger partial charge < -0.3 is 10.6 Å². The van der Waals surface area contributed by atoms with Crippen molar-refractivity contribution in [2.45, 2.75) is 31.5 Å². The van der Waals surface area contributed by atoms with Crippen LogP contribution in [0.5, 0.6) is 0 Å². The van der Waals surface area contributed by atoms with Crippen molar-refractivity contribution >= 4 is 5.91 Å². The Balaban J connectivity index is 1.85. The predicted molar refractivity (Wildman–Crippen MR) is 51.7 cm³/mol. The Morgan fingerprint density at radius 2 is 1.88 bits per heavy atom. The van der Waals surface area contributed by atoms with E-state index in [0.717, 1.165) is 19.5 Å². The monoisotopic (exact) mass is 236 g/mol. The fourth-order valence-electron chi connectivity index (χ4n) is 2.70. The van der Waals surface area contributed by atoms with Crippen molar-refractivity contribution in [1.29, 1.82) is 0 Å². The van der Waals surface area contributed by atoms with E-state index in [2.05, 4.69) is 10.6 Å². The quantitative estimate of drug-likeness (QED) is 0.714. The Labute approximate surface area is 91.8 Å². The molecule has 3 atom stereocenters. The SMILES string of the molecule is O=C(NC1CC[C@H]2CNC[C@H]2C1)C(F)(F)F. The molecule has 1 aliphatic heterocycles. The van der Waals surface area contributed by atoms with Crippen LogP contribution in [0.2, 0.25) is 0 Å². The van der Waals surface area contributed by atoms with Gasteiger partial charge in [0.2, 0.25) is 0 Å². The molecule has 92 valence electrons. The van der Waals surface area contributed by atoms with Crippen LogP contribution in [-0.4, -0.2) is 31.2 Å². The van der Waals surface area contributed by atoms with Crippen molar-refractivity contribution in [2.24, 2.45) is 11.8 Å². The third-order valence-electron chi connectivity index (χ3n) is 3.55. The first kappa shape index (κ1) is 11.7. The standard InChI is InChI=1S/C10H15F3N2O/c11-10(12,13)9(16)15-8-2-1-6-4-14-5-7(6)3-8/h6-8,14H,1-5H2,(H,15,16)/t6-,7+,8?/m0/s1. The molecule has 1 saturated heterocycles. The molecule has 2 N–H and O–H groups in total. The summed E-state index contributed by atoms with van der Waals surface area (Å²) in [7, 11) is 0. The molecule has 0 aromatic carbocycles. The van der Waals surface area contributed by atoms with Gasteiger partial charge in [0.05, 0.1) is 0 Å². The molecule has 6 heteroatoms. The average molecular weight is 236 g/mol. The van der Waals surface area contributed by atoms with Crippen LogP contribution in [0.25, 0.3) is 0 Å². The van der Waals surface area contributed by atoms with Gasteiger partial charge >= 0.3 is 12.1 Å². The van der Waals surface area contributed by atoms with Crippen LogP contribution in [0.4, 0.5) is 13.2 Å². The van der Waals surface area contributed by atoms with E-state index in [9.17, 15) is 18.0 Å². The van der Waals surface area contributed by atoms with Gasteiger partial charge in [0.25, 0.3) is 0 Å². The highest BCUT2D eigenvalue weighted by atomic mass is 19.4. The first-order valence-corrected chi connectivity index (χ1v) is 5.55. The first-order chi connectivity index (χ1) is 7.47. The van der Waals surface area contributed by atoms with Crippen LogP contribution in [0, 0.1) is 11.8 Å². The number of alkyl halides is 3. The molecule has 0 aromatic heterocycles. The molecule has 3 nitrogen and oxygen atoms in total. The highest BCUT2D eigenvalue weighted by molar-refractivity contribution is 5.81. The summed E-state index contributed by atoms with van der Waals surface area (Å²) in [6.07, 6.45) is -2.53. The molecule has 2 rings (SSSR count). The zero-order valence-electron chi connectivity index (χ0n) is 8.81. The Morgan fingerprint density at radius 1 is 1.19 bits per heavy atom. The van der Waals surface area contributed by atoms with Crippen molar-refractivity contribution < 1.29 is 18.0 Å². The van der Waals surface area contributed by atoms with Crippen LogP contribution >= 0.6 is 0 Å². The van der Waals surface area contributed by atoms with Gasteiger partial charge in [0, 0.05) is 6.04 Å². The van der Waals surface area contributed by atoms with Crippen molar-refractivity contribution in [2.75, 3.05) is 13.1 Å². The molecule has 1 amide bonds. The molecule has 0 spiro atoms. The maximum atomic E-state index is 12.0. The van der Waals surface area contributed by atoms with Gasteiger partial charge in [-0.2, -0.15) is 13.2 Å². The van der Waals surface area contributed by atoms with Gasteiger partial charge in [-0.3, -0.25) is 4.79 Å². The number of hydrogen-bond donors (Lipinski definition) is 2. The lowest BCUT2D eigenvalue weighted by Crippen LogP contribution is -2.46. The molecule has 0 radical (unpaired) electrons. The number of halogens is 3. The molecule has 16 heavy (non-hydrogen) atoms. The minimum absolute atomic E-state index is 0.310. The third-order valence-corrected chi connectivity index (χ3v) is 3.55. The van der Waals surface area contributed by atoms with E-state index in [1.165, 1.54) is 0 Å². The lowest BCUT2D eigenvalue weighted by molar-refractivity contribution is -0.174. The summed E-state index contributed by atoms with van der Waals surface area (Å²) in [5.74, 6) is -0.798. The van der Waals surface area contributed by atoms with Crippen molar-refractivity contribution in [3.63, 3.8) is 0 Å². The second kappa shape index (κ2) is 4.24. The minimum atomic E-state index is -4.76. The second-order valence-corrected chi connectivity index (χ2v) is 4.66. The van der Waals surface area contributed by atoms with Gasteiger partial charge in [-0.15, -0.1) is 0 Å². The Hall–Kier alpha value is -0.780. The zero-order valence-corrected chi connectivity index (χ0v) is 8.81. The zero-order chi connectivity index (χ0) is 11.8. The summed E-state index contributed by atoms with van der Waals surface area (Å²) < 4.78 is 36.1. The fourth-order valence-corrected chi connectivity index (χ4v) is 2.70. The topological polar surface area (TPSA) is 41.1 Å². The fraction of sp³-hybridized carbons (Fsp3) is 0.900. The van der Waals surface area contributed by atoms with Gasteiger partial charge in [0.1, 0.15) is 0 Å². The molecular weight excluding hydrogens is 221 g/mol. The lowest BCUT2D eigenvalue weighted by Gasteiger charge is -2.31. The van der Waals surface area contributed by atoms with E-state index in [0.29, 0.717) is 24.7 Å². The van der Waals surface area contributed by atoms with E-state index in [1.807, 2.05) is 0 Å². The highest BCUT2D eigenvalue weighted by Crippen LogP contribution is 2.32. The summed E-state index contributed by atoms with van der Waals surface area (Å²) in [5.41, 5.74) is 0. The normalized spacial score (nSPS) is 34.6. The van der Waals surface area contributed by atoms with E-state index >= 15 is 0 Å². The molecule has 1 saturated carbocycles. The number of amides is 1. The predicted octanol–water partition coefficient (Wildman–Crippen LogP) is 1.05. The number of carbonyl (C=O) groups is 1. The summed E-state index contributed by atoms with van der Waals surface area (Å²) in [4.78, 5) is 10.8. The summed E-state index contributed by atoms with van der Waals surface area (Å²) in [5, 5.41) is 5.31. The highest BCUT2D eigenvalue weighted by Gasteiger charge is 2.41. The van der Waals surface area contributed by atoms with Gasteiger partial charge in [0.15, 0.2) is 0 Å². The molecule has 0 aromatic rings. The van der Waals surface area contributed by atoms with Crippen molar-refractivity contribution in [1.82, 2.24) is 10.6 Å². The van der Waals surface area contributed by atoms with E-state index < -0.39 is 12.1 Å². The molecule has 1 aliphatic carbocycles. The molecule has 2 fully saturated rings. The molecule has 0 bridgehead atoms. The molecule has 1 heterocycles. The summed E-state index contributed by atoms with van der Waals surface area (Å²) in [6.45, 7) is 1.83. The lowest BCUT2D eigenvalue weighted by atomic mass is 9.79. The van der Waals surface area contributed by atoms with Crippen LogP contribution in [0.3, 0.4) is 0 Å². The van der Waals surface area contributed by atoms with Crippen molar-refractivity contribution in [3.8, 4) is 0 Å². The Morgan fingerprint density at radius 3 is 2.56 bits per heavy atom. The molecular formula is C10H15F3N2O. The second-order valence-electron chi connectivity index (χ2n) is 4.66. The van der Waals surface area contributed by atoms with Crippen LogP contribution < -0.4 is 10.6 Å². The number of rotatable bonds is 1. The Bertz CT molecular complexity index is 280. The number of fused-ring (bicyclic) bond motifs is 1. The molecule has 1 unspecified atom stereocenters. The number of carbonyl (C=O) groups excluding carboxylic acids is 1. The van der Waals surface area contributed by atoms with E-state index in [4.69, 9.17) is 0 Å². The Kier molecular flexibility index (Phi) is 3.10. The summed E-state index contributed by atoms with van der Waals surface area (Å²) >= 11 is 0. The van der Waals surface area contributed by atoms with Gasteiger partial charge in [-0.1, -0.05) is 0 Å². The smallest absolute Gasteiger partial charge is 0.346 e. The average Bonchev–Trinajstić information content (AvgIpc) is 2.63.